The van der Waals surface area contributed by atoms with Gasteiger partial charge in [0.25, 0.3) is 0 Å². The lowest BCUT2D eigenvalue weighted by molar-refractivity contribution is -0.384. The summed E-state index contributed by atoms with van der Waals surface area (Å²) in [5.41, 5.74) is -0.591. The van der Waals surface area contributed by atoms with E-state index in [0.717, 1.165) is 0 Å². The lowest BCUT2D eigenvalue weighted by Gasteiger charge is -2.20. The first-order valence-corrected chi connectivity index (χ1v) is 5.97. The Labute approximate surface area is 116 Å². The number of benzene rings is 1. The van der Waals surface area contributed by atoms with Crippen LogP contribution in [0.3, 0.4) is 0 Å². The molecule has 0 aliphatic carbocycles. The maximum absolute atomic E-state index is 11.7. The molecule has 0 atom stereocenters. The third-order valence-corrected chi connectivity index (χ3v) is 2.29. The van der Waals surface area contributed by atoms with Crippen molar-refractivity contribution in [1.29, 1.82) is 5.26 Å². The largest absolute Gasteiger partial charge is 0.371 e. The fourth-order valence-corrected chi connectivity index (χ4v) is 1.61. The minimum Gasteiger partial charge on any atom is -0.371 e. The third kappa shape index (κ3) is 4.24. The Bertz CT molecular complexity index is 570. The second kappa shape index (κ2) is 6.02. The zero-order chi connectivity index (χ0) is 15.3. The maximum Gasteiger partial charge on any atom is 0.309 e. The highest BCUT2D eigenvalue weighted by molar-refractivity contribution is 5.82. The van der Waals surface area contributed by atoms with E-state index in [1.807, 2.05) is 20.8 Å². The van der Waals surface area contributed by atoms with Gasteiger partial charge in [-0.25, -0.2) is 0 Å². The average molecular weight is 276 g/mol. The summed E-state index contributed by atoms with van der Waals surface area (Å²) in [6.07, 6.45) is 0. The predicted octanol–water partition coefficient (Wildman–Crippen LogP) is 1.79. The fraction of sp³-hybridized carbons (Fsp3) is 0.385. The SMILES string of the molecule is CC(C)(C)NC(=O)CNc1cccc(C#N)c1[N+](=O)[O-]. The van der Waals surface area contributed by atoms with E-state index in [1.54, 1.807) is 6.07 Å². The van der Waals surface area contributed by atoms with E-state index in [4.69, 9.17) is 5.26 Å². The first kappa shape index (κ1) is 15.4. The number of nitro groups is 1. The topological polar surface area (TPSA) is 108 Å². The molecule has 0 radical (unpaired) electrons. The van der Waals surface area contributed by atoms with Crippen LogP contribution in [0.25, 0.3) is 0 Å². The smallest absolute Gasteiger partial charge is 0.309 e. The summed E-state index contributed by atoms with van der Waals surface area (Å²) in [5, 5.41) is 25.3. The van der Waals surface area contributed by atoms with Crippen LogP contribution in [-0.4, -0.2) is 22.9 Å². The zero-order valence-electron chi connectivity index (χ0n) is 11.6. The van der Waals surface area contributed by atoms with E-state index in [0.29, 0.717) is 0 Å². The number of amides is 1. The lowest BCUT2D eigenvalue weighted by atomic mass is 10.1. The Morgan fingerprint density at radius 2 is 2.10 bits per heavy atom. The Morgan fingerprint density at radius 3 is 2.60 bits per heavy atom. The number of nitro benzene ring substituents is 1. The summed E-state index contributed by atoms with van der Waals surface area (Å²) in [6.45, 7) is 5.41. The summed E-state index contributed by atoms with van der Waals surface area (Å²) in [5.74, 6) is -0.283. The van der Waals surface area contributed by atoms with Crippen LogP contribution in [0.4, 0.5) is 11.4 Å². The first-order valence-electron chi connectivity index (χ1n) is 5.97. The highest BCUT2D eigenvalue weighted by atomic mass is 16.6. The lowest BCUT2D eigenvalue weighted by Crippen LogP contribution is -2.43. The summed E-state index contributed by atoms with van der Waals surface area (Å²) >= 11 is 0. The molecule has 0 heterocycles. The van der Waals surface area contributed by atoms with E-state index in [9.17, 15) is 14.9 Å². The van der Waals surface area contributed by atoms with E-state index in [2.05, 4.69) is 10.6 Å². The standard InChI is InChI=1S/C13H16N4O3/c1-13(2,3)16-11(18)8-15-10-6-4-5-9(7-14)12(10)17(19)20/h4-6,15H,8H2,1-3H3,(H,16,18). The van der Waals surface area contributed by atoms with Crippen LogP contribution >= 0.6 is 0 Å². The summed E-state index contributed by atoms with van der Waals surface area (Å²) in [6, 6.07) is 6.11. The Hall–Kier alpha value is -2.62. The van der Waals surface area contributed by atoms with Crippen LogP contribution in [0.2, 0.25) is 0 Å². The minimum atomic E-state index is -0.636. The van der Waals surface area contributed by atoms with Crippen LogP contribution in [0.15, 0.2) is 18.2 Å². The molecular weight excluding hydrogens is 260 g/mol. The van der Waals surface area contributed by atoms with Crippen molar-refractivity contribution in [1.82, 2.24) is 5.32 Å². The van der Waals surface area contributed by atoms with Gasteiger partial charge in [-0.15, -0.1) is 0 Å². The summed E-state index contributed by atoms with van der Waals surface area (Å²) in [4.78, 5) is 22.0. The molecule has 0 bridgehead atoms. The highest BCUT2D eigenvalue weighted by Crippen LogP contribution is 2.27. The van der Waals surface area contributed by atoms with Gasteiger partial charge in [0.05, 0.1) is 11.5 Å². The molecule has 2 N–H and O–H groups in total. The number of carbonyl (C=O) groups excluding carboxylic acids is 1. The minimum absolute atomic E-state index is 0.0452. The van der Waals surface area contributed by atoms with Crippen molar-refractivity contribution < 1.29 is 9.72 Å². The number of nitrogens with one attached hydrogen (secondary N) is 2. The van der Waals surface area contributed by atoms with Crippen molar-refractivity contribution in [2.75, 3.05) is 11.9 Å². The number of para-hydroxylation sites is 1. The van der Waals surface area contributed by atoms with Crippen LogP contribution in [0, 0.1) is 21.4 Å². The van der Waals surface area contributed by atoms with Crippen molar-refractivity contribution in [3.63, 3.8) is 0 Å². The number of nitriles is 1. The molecule has 1 aromatic carbocycles. The molecule has 7 nitrogen and oxygen atoms in total. The zero-order valence-corrected chi connectivity index (χ0v) is 11.6. The fourth-order valence-electron chi connectivity index (χ4n) is 1.61. The van der Waals surface area contributed by atoms with Gasteiger partial charge in [-0.2, -0.15) is 5.26 Å². The molecule has 0 spiro atoms. The van der Waals surface area contributed by atoms with Gasteiger partial charge in [-0.05, 0) is 32.9 Å². The molecule has 20 heavy (non-hydrogen) atoms. The van der Waals surface area contributed by atoms with Crippen molar-refractivity contribution in [2.24, 2.45) is 0 Å². The van der Waals surface area contributed by atoms with Crippen LogP contribution < -0.4 is 10.6 Å². The van der Waals surface area contributed by atoms with Crippen molar-refractivity contribution in [2.45, 2.75) is 26.3 Å². The van der Waals surface area contributed by atoms with Crippen LogP contribution in [0.5, 0.6) is 0 Å². The number of hydrogen-bond acceptors (Lipinski definition) is 5. The normalized spacial score (nSPS) is 10.5. The predicted molar refractivity (Wildman–Crippen MR) is 74.2 cm³/mol. The van der Waals surface area contributed by atoms with Gasteiger partial charge in [0, 0.05) is 5.54 Å². The molecule has 0 aliphatic heterocycles. The number of nitrogens with zero attached hydrogens (tertiary/aromatic N) is 2. The summed E-state index contributed by atoms with van der Waals surface area (Å²) < 4.78 is 0. The molecule has 1 amide bonds. The quantitative estimate of drug-likeness (QED) is 0.643. The Balaban J connectivity index is 2.87. The third-order valence-electron chi connectivity index (χ3n) is 2.29. The molecule has 0 saturated carbocycles. The monoisotopic (exact) mass is 276 g/mol. The molecule has 0 aliphatic rings. The second-order valence-corrected chi connectivity index (χ2v) is 5.22. The van der Waals surface area contributed by atoms with Gasteiger partial charge in [0.15, 0.2) is 0 Å². The van der Waals surface area contributed by atoms with Crippen LogP contribution in [-0.2, 0) is 4.79 Å². The average Bonchev–Trinajstić information content (AvgIpc) is 2.33. The molecule has 7 heteroatoms. The molecule has 106 valence electrons. The summed E-state index contributed by atoms with van der Waals surface area (Å²) in [7, 11) is 0. The maximum atomic E-state index is 11.7. The Morgan fingerprint density at radius 1 is 1.45 bits per heavy atom. The number of rotatable bonds is 4. The molecule has 0 fully saturated rings. The van der Waals surface area contributed by atoms with Gasteiger partial charge >= 0.3 is 5.69 Å². The second-order valence-electron chi connectivity index (χ2n) is 5.22. The van der Waals surface area contributed by atoms with Crippen molar-refractivity contribution in [3.05, 3.63) is 33.9 Å². The first-order chi connectivity index (χ1) is 9.24. The molecule has 1 rings (SSSR count). The number of anilines is 1. The van der Waals surface area contributed by atoms with Gasteiger partial charge < -0.3 is 10.6 Å². The Kier molecular flexibility index (Phi) is 4.64. The van der Waals surface area contributed by atoms with E-state index in [1.165, 1.54) is 18.2 Å². The molecular formula is C13H16N4O3. The number of carbonyl (C=O) groups is 1. The highest BCUT2D eigenvalue weighted by Gasteiger charge is 2.20. The van der Waals surface area contributed by atoms with E-state index >= 15 is 0 Å². The van der Waals surface area contributed by atoms with Crippen molar-refractivity contribution in [3.8, 4) is 6.07 Å². The van der Waals surface area contributed by atoms with Crippen LogP contribution in [0.1, 0.15) is 26.3 Å². The molecule has 0 saturated heterocycles. The molecule has 0 unspecified atom stereocenters. The number of hydrogen-bond donors (Lipinski definition) is 2. The van der Waals surface area contributed by atoms with Gasteiger partial charge in [0.2, 0.25) is 5.91 Å². The van der Waals surface area contributed by atoms with E-state index < -0.39 is 4.92 Å². The molecule has 1 aromatic rings. The van der Waals surface area contributed by atoms with Gasteiger partial charge in [-0.3, -0.25) is 14.9 Å². The van der Waals surface area contributed by atoms with Gasteiger partial charge in [-0.1, -0.05) is 6.07 Å². The van der Waals surface area contributed by atoms with Crippen molar-refractivity contribution >= 4 is 17.3 Å². The molecule has 0 aromatic heterocycles. The van der Waals surface area contributed by atoms with Gasteiger partial charge in [0.1, 0.15) is 17.3 Å². The van der Waals surface area contributed by atoms with E-state index in [-0.39, 0.29) is 34.9 Å².